The summed E-state index contributed by atoms with van der Waals surface area (Å²) in [6.07, 6.45) is 5.37. The second-order valence-corrected chi connectivity index (χ2v) is 5.12. The predicted molar refractivity (Wildman–Crippen MR) is 65.5 cm³/mol. The maximum absolute atomic E-state index is 5.86. The fourth-order valence-electron chi connectivity index (χ4n) is 2.18. The Bertz CT molecular complexity index is 177. The van der Waals surface area contributed by atoms with Crippen LogP contribution in [-0.2, 0) is 4.74 Å². The molecule has 15 heavy (non-hydrogen) atoms. The van der Waals surface area contributed by atoms with Gasteiger partial charge in [-0.3, -0.25) is 0 Å². The number of methoxy groups -OCH3 is 1. The van der Waals surface area contributed by atoms with Gasteiger partial charge in [0.15, 0.2) is 0 Å². The highest BCUT2D eigenvalue weighted by molar-refractivity contribution is 6.18. The largest absolute Gasteiger partial charge is 0.381 e. The Balaban J connectivity index is 2.31. The maximum Gasteiger partial charge on any atom is 0.0586 e. The summed E-state index contributed by atoms with van der Waals surface area (Å²) in [6, 6.07) is 1.12. The van der Waals surface area contributed by atoms with E-state index >= 15 is 0 Å². The van der Waals surface area contributed by atoms with E-state index in [0.717, 1.165) is 12.3 Å². The van der Waals surface area contributed by atoms with Crippen LogP contribution in [0.5, 0.6) is 0 Å². The highest BCUT2D eigenvalue weighted by Gasteiger charge is 2.23. The first kappa shape index (κ1) is 13.3. The molecule has 2 nitrogen and oxygen atoms in total. The van der Waals surface area contributed by atoms with Gasteiger partial charge in [-0.1, -0.05) is 6.92 Å². The van der Waals surface area contributed by atoms with Crippen LogP contribution in [0, 0.1) is 5.92 Å². The predicted octanol–water partition coefficient (Wildman–Crippen LogP) is 2.80. The molecule has 1 rings (SSSR count). The lowest BCUT2D eigenvalue weighted by Gasteiger charge is -2.32. The lowest BCUT2D eigenvalue weighted by atomic mass is 9.91. The number of ether oxygens (including phenoxy) is 1. The zero-order valence-corrected chi connectivity index (χ0v) is 10.9. The summed E-state index contributed by atoms with van der Waals surface area (Å²) in [7, 11) is 1.82. The van der Waals surface area contributed by atoms with Crippen molar-refractivity contribution in [2.24, 2.45) is 5.92 Å². The Morgan fingerprint density at radius 3 is 2.73 bits per heavy atom. The standard InChI is InChI=1S/C12H24ClNO/c1-9(8-13)10(2)14-11-5-4-6-12(7-11)15-3/h9-12,14H,4-8H2,1-3H3. The van der Waals surface area contributed by atoms with Gasteiger partial charge in [0.05, 0.1) is 6.10 Å². The zero-order chi connectivity index (χ0) is 11.3. The molecule has 0 saturated heterocycles. The molecule has 0 heterocycles. The molecular formula is C12H24ClNO. The molecule has 0 bridgehead atoms. The van der Waals surface area contributed by atoms with Gasteiger partial charge in [-0.05, 0) is 38.5 Å². The SMILES string of the molecule is COC1CCCC(NC(C)C(C)CCl)C1. The Morgan fingerprint density at radius 1 is 1.40 bits per heavy atom. The van der Waals surface area contributed by atoms with E-state index in [1.165, 1.54) is 19.3 Å². The molecule has 1 aliphatic rings. The van der Waals surface area contributed by atoms with Crippen LogP contribution in [0.15, 0.2) is 0 Å². The van der Waals surface area contributed by atoms with Crippen LogP contribution in [-0.4, -0.2) is 31.2 Å². The van der Waals surface area contributed by atoms with Crippen molar-refractivity contribution in [1.29, 1.82) is 0 Å². The number of rotatable bonds is 5. The van der Waals surface area contributed by atoms with Crippen molar-refractivity contribution in [3.05, 3.63) is 0 Å². The summed E-state index contributed by atoms with van der Waals surface area (Å²) in [5, 5.41) is 3.67. The Hall–Kier alpha value is 0.210. The topological polar surface area (TPSA) is 21.3 Å². The Kier molecular flexibility index (Phi) is 5.95. The van der Waals surface area contributed by atoms with Gasteiger partial charge >= 0.3 is 0 Å². The average molecular weight is 234 g/mol. The van der Waals surface area contributed by atoms with Gasteiger partial charge in [0.25, 0.3) is 0 Å². The third-order valence-electron chi connectivity index (χ3n) is 3.55. The number of alkyl halides is 1. The average Bonchev–Trinajstić information content (AvgIpc) is 2.28. The van der Waals surface area contributed by atoms with Crippen molar-refractivity contribution < 1.29 is 4.74 Å². The van der Waals surface area contributed by atoms with Crippen LogP contribution in [0.4, 0.5) is 0 Å². The molecule has 3 heteroatoms. The molecule has 0 aliphatic heterocycles. The van der Waals surface area contributed by atoms with Crippen molar-refractivity contribution in [2.45, 2.75) is 57.7 Å². The van der Waals surface area contributed by atoms with Gasteiger partial charge in [0.1, 0.15) is 0 Å². The van der Waals surface area contributed by atoms with E-state index in [0.29, 0.717) is 24.1 Å². The van der Waals surface area contributed by atoms with Crippen molar-refractivity contribution in [3.8, 4) is 0 Å². The molecule has 1 fully saturated rings. The highest BCUT2D eigenvalue weighted by atomic mass is 35.5. The van der Waals surface area contributed by atoms with Crippen molar-refractivity contribution in [3.63, 3.8) is 0 Å². The Labute approximate surface area is 98.7 Å². The molecule has 1 saturated carbocycles. The van der Waals surface area contributed by atoms with Crippen LogP contribution >= 0.6 is 11.6 Å². The lowest BCUT2D eigenvalue weighted by molar-refractivity contribution is 0.0562. The van der Waals surface area contributed by atoms with E-state index in [1.807, 2.05) is 7.11 Å². The molecule has 0 radical (unpaired) electrons. The highest BCUT2D eigenvalue weighted by Crippen LogP contribution is 2.21. The number of nitrogens with one attached hydrogen (secondary N) is 1. The molecule has 0 aromatic rings. The molecule has 4 unspecified atom stereocenters. The van der Waals surface area contributed by atoms with Crippen molar-refractivity contribution >= 4 is 11.6 Å². The molecular weight excluding hydrogens is 210 g/mol. The van der Waals surface area contributed by atoms with E-state index in [2.05, 4.69) is 19.2 Å². The monoisotopic (exact) mass is 233 g/mol. The summed E-state index contributed by atoms with van der Waals surface area (Å²) in [6.45, 7) is 4.42. The molecule has 4 atom stereocenters. The maximum atomic E-state index is 5.86. The Morgan fingerprint density at radius 2 is 2.13 bits per heavy atom. The molecule has 0 aromatic carbocycles. The summed E-state index contributed by atoms with van der Waals surface area (Å²) < 4.78 is 5.42. The summed E-state index contributed by atoms with van der Waals surface area (Å²) in [5.74, 6) is 1.27. The molecule has 1 aliphatic carbocycles. The first-order valence-electron chi connectivity index (χ1n) is 6.02. The number of hydrogen-bond donors (Lipinski definition) is 1. The fourth-order valence-corrected chi connectivity index (χ4v) is 2.45. The molecule has 90 valence electrons. The van der Waals surface area contributed by atoms with Gasteiger partial charge in [-0.15, -0.1) is 11.6 Å². The van der Waals surface area contributed by atoms with Crippen LogP contribution in [0.1, 0.15) is 39.5 Å². The van der Waals surface area contributed by atoms with Crippen molar-refractivity contribution in [1.82, 2.24) is 5.32 Å². The van der Waals surface area contributed by atoms with Crippen molar-refractivity contribution in [2.75, 3.05) is 13.0 Å². The molecule has 0 amide bonds. The third kappa shape index (κ3) is 4.29. The number of halogens is 1. The quantitative estimate of drug-likeness (QED) is 0.738. The first-order chi connectivity index (χ1) is 7.17. The normalized spacial score (nSPS) is 31.2. The summed E-state index contributed by atoms with van der Waals surface area (Å²) >= 11 is 5.86. The zero-order valence-electron chi connectivity index (χ0n) is 10.1. The second-order valence-electron chi connectivity index (χ2n) is 4.81. The molecule has 0 spiro atoms. The first-order valence-corrected chi connectivity index (χ1v) is 6.55. The van der Waals surface area contributed by atoms with Gasteiger partial charge < -0.3 is 10.1 Å². The van der Waals surface area contributed by atoms with Crippen LogP contribution in [0.3, 0.4) is 0 Å². The minimum Gasteiger partial charge on any atom is -0.381 e. The molecule has 0 aromatic heterocycles. The molecule has 1 N–H and O–H groups in total. The number of hydrogen-bond acceptors (Lipinski definition) is 2. The van der Waals surface area contributed by atoms with Crippen LogP contribution in [0.25, 0.3) is 0 Å². The minimum absolute atomic E-state index is 0.453. The summed E-state index contributed by atoms with van der Waals surface area (Å²) in [4.78, 5) is 0. The van der Waals surface area contributed by atoms with Gasteiger partial charge in [0.2, 0.25) is 0 Å². The van der Waals surface area contributed by atoms with E-state index in [4.69, 9.17) is 16.3 Å². The fraction of sp³-hybridized carbons (Fsp3) is 1.00. The second kappa shape index (κ2) is 6.72. The third-order valence-corrected chi connectivity index (χ3v) is 4.04. The van der Waals surface area contributed by atoms with E-state index < -0.39 is 0 Å². The lowest BCUT2D eigenvalue weighted by Crippen LogP contribution is -2.44. The van der Waals surface area contributed by atoms with Gasteiger partial charge in [-0.25, -0.2) is 0 Å². The van der Waals surface area contributed by atoms with Gasteiger partial charge in [0, 0.05) is 25.1 Å². The van der Waals surface area contributed by atoms with E-state index in [9.17, 15) is 0 Å². The van der Waals surface area contributed by atoms with Crippen LogP contribution in [0.2, 0.25) is 0 Å². The van der Waals surface area contributed by atoms with Gasteiger partial charge in [-0.2, -0.15) is 0 Å². The van der Waals surface area contributed by atoms with Crippen LogP contribution < -0.4 is 5.32 Å². The minimum atomic E-state index is 0.453. The smallest absolute Gasteiger partial charge is 0.0586 e. The summed E-state index contributed by atoms with van der Waals surface area (Å²) in [5.41, 5.74) is 0. The van der Waals surface area contributed by atoms with E-state index in [1.54, 1.807) is 0 Å². The van der Waals surface area contributed by atoms with E-state index in [-0.39, 0.29) is 0 Å².